The Bertz CT molecular complexity index is 1770. The Morgan fingerprint density at radius 2 is 1.49 bits per heavy atom. The molecule has 0 bridgehead atoms. The lowest BCUT2D eigenvalue weighted by atomic mass is 9.98. The third kappa shape index (κ3) is 3.98. The SMILES string of the molecule is Cc1cc(-c2cc3c(=O)cc(-c4ccc5ccccc5c4)[nH]c3nc2-c2ccccc2)cc(Cl)n1. The number of halogens is 1. The molecule has 0 unspecified atom stereocenters. The quantitative estimate of drug-likeness (QED) is 0.272. The highest BCUT2D eigenvalue weighted by molar-refractivity contribution is 6.29. The fraction of sp³-hybridized carbons (Fsp3) is 0.0333. The molecule has 6 rings (SSSR count). The Hall–Kier alpha value is -4.28. The zero-order valence-corrected chi connectivity index (χ0v) is 19.7. The molecule has 168 valence electrons. The van der Waals surface area contributed by atoms with E-state index < -0.39 is 0 Å². The molecule has 3 heterocycles. The van der Waals surface area contributed by atoms with E-state index in [0.717, 1.165) is 50.1 Å². The van der Waals surface area contributed by atoms with Crippen LogP contribution in [0.5, 0.6) is 0 Å². The number of rotatable bonds is 3. The Morgan fingerprint density at radius 3 is 2.29 bits per heavy atom. The summed E-state index contributed by atoms with van der Waals surface area (Å²) in [5, 5.41) is 3.19. The molecular weight excluding hydrogens is 454 g/mol. The molecule has 0 spiro atoms. The van der Waals surface area contributed by atoms with Crippen molar-refractivity contribution in [3.05, 3.63) is 118 Å². The number of benzene rings is 3. The van der Waals surface area contributed by atoms with Gasteiger partial charge in [-0.15, -0.1) is 0 Å². The molecule has 4 nitrogen and oxygen atoms in total. The van der Waals surface area contributed by atoms with E-state index in [1.54, 1.807) is 6.07 Å². The first-order chi connectivity index (χ1) is 17.0. The summed E-state index contributed by atoms with van der Waals surface area (Å²) in [5.41, 5.74) is 6.34. The molecule has 3 aromatic carbocycles. The molecule has 0 saturated carbocycles. The van der Waals surface area contributed by atoms with Gasteiger partial charge in [0, 0.05) is 22.9 Å². The van der Waals surface area contributed by atoms with Crippen LogP contribution in [0.1, 0.15) is 5.69 Å². The van der Waals surface area contributed by atoms with Gasteiger partial charge in [-0.1, -0.05) is 78.3 Å². The van der Waals surface area contributed by atoms with Gasteiger partial charge in [0.1, 0.15) is 10.8 Å². The Morgan fingerprint density at radius 1 is 0.714 bits per heavy atom. The number of H-pyrrole nitrogens is 1. The van der Waals surface area contributed by atoms with Crippen molar-refractivity contribution in [3.63, 3.8) is 0 Å². The highest BCUT2D eigenvalue weighted by Crippen LogP contribution is 2.34. The normalized spacial score (nSPS) is 11.3. The van der Waals surface area contributed by atoms with E-state index in [0.29, 0.717) is 16.2 Å². The van der Waals surface area contributed by atoms with Gasteiger partial charge in [0.25, 0.3) is 0 Å². The fourth-order valence-electron chi connectivity index (χ4n) is 4.50. The molecule has 0 aliphatic heterocycles. The Balaban J connectivity index is 1.61. The van der Waals surface area contributed by atoms with Gasteiger partial charge in [-0.25, -0.2) is 9.97 Å². The molecule has 0 saturated heterocycles. The monoisotopic (exact) mass is 473 g/mol. The summed E-state index contributed by atoms with van der Waals surface area (Å²) in [4.78, 5) is 26.0. The maximum Gasteiger partial charge on any atom is 0.191 e. The van der Waals surface area contributed by atoms with Crippen molar-refractivity contribution in [2.75, 3.05) is 0 Å². The largest absolute Gasteiger partial charge is 0.339 e. The molecule has 6 aromatic rings. The number of aromatic nitrogens is 3. The van der Waals surface area contributed by atoms with E-state index in [4.69, 9.17) is 16.6 Å². The van der Waals surface area contributed by atoms with Crippen molar-refractivity contribution >= 4 is 33.4 Å². The van der Waals surface area contributed by atoms with Crippen LogP contribution in [0, 0.1) is 6.92 Å². The van der Waals surface area contributed by atoms with Crippen LogP contribution in [0.4, 0.5) is 0 Å². The van der Waals surface area contributed by atoms with Gasteiger partial charge < -0.3 is 4.98 Å². The van der Waals surface area contributed by atoms with Crippen molar-refractivity contribution < 1.29 is 0 Å². The molecule has 1 N–H and O–H groups in total. The van der Waals surface area contributed by atoms with Crippen LogP contribution >= 0.6 is 11.6 Å². The van der Waals surface area contributed by atoms with Gasteiger partial charge in [-0.05, 0) is 53.1 Å². The maximum absolute atomic E-state index is 13.3. The summed E-state index contributed by atoms with van der Waals surface area (Å²) in [6.45, 7) is 1.90. The molecule has 0 amide bonds. The van der Waals surface area contributed by atoms with E-state index in [-0.39, 0.29) is 5.43 Å². The lowest BCUT2D eigenvalue weighted by molar-refractivity contribution is 1.20. The summed E-state index contributed by atoms with van der Waals surface area (Å²) < 4.78 is 0. The van der Waals surface area contributed by atoms with Gasteiger partial charge in [-0.2, -0.15) is 0 Å². The number of nitrogens with one attached hydrogen (secondary N) is 1. The van der Waals surface area contributed by atoms with Crippen LogP contribution in [-0.4, -0.2) is 15.0 Å². The average Bonchev–Trinajstić information content (AvgIpc) is 2.87. The Kier molecular flexibility index (Phi) is 5.16. The zero-order chi connectivity index (χ0) is 23.9. The number of pyridine rings is 3. The predicted octanol–water partition coefficient (Wildman–Crippen LogP) is 7.43. The second kappa shape index (κ2) is 8.49. The third-order valence-electron chi connectivity index (χ3n) is 6.16. The molecule has 35 heavy (non-hydrogen) atoms. The predicted molar refractivity (Wildman–Crippen MR) is 144 cm³/mol. The number of fused-ring (bicyclic) bond motifs is 2. The number of nitrogens with zero attached hydrogens (tertiary/aromatic N) is 2. The van der Waals surface area contributed by atoms with Crippen molar-refractivity contribution in [1.29, 1.82) is 0 Å². The minimum Gasteiger partial charge on any atom is -0.339 e. The number of aryl methyl sites for hydroxylation is 1. The van der Waals surface area contributed by atoms with Gasteiger partial charge in [-0.3, -0.25) is 4.79 Å². The van der Waals surface area contributed by atoms with E-state index in [1.165, 1.54) is 0 Å². The van der Waals surface area contributed by atoms with Gasteiger partial charge in [0.2, 0.25) is 0 Å². The summed E-state index contributed by atoms with van der Waals surface area (Å²) >= 11 is 6.28. The van der Waals surface area contributed by atoms with Crippen LogP contribution in [0.15, 0.2) is 102 Å². The summed E-state index contributed by atoms with van der Waals surface area (Å²) in [5.74, 6) is 0. The van der Waals surface area contributed by atoms with Crippen LogP contribution in [0.25, 0.3) is 55.4 Å². The van der Waals surface area contributed by atoms with Crippen LogP contribution < -0.4 is 5.43 Å². The third-order valence-corrected chi connectivity index (χ3v) is 6.35. The van der Waals surface area contributed by atoms with Crippen molar-refractivity contribution in [2.45, 2.75) is 6.92 Å². The average molecular weight is 474 g/mol. The van der Waals surface area contributed by atoms with Crippen molar-refractivity contribution in [2.24, 2.45) is 0 Å². The minimum atomic E-state index is -0.0906. The number of hydrogen-bond acceptors (Lipinski definition) is 3. The first-order valence-corrected chi connectivity index (χ1v) is 11.7. The van der Waals surface area contributed by atoms with Gasteiger partial charge in [0.15, 0.2) is 5.43 Å². The smallest absolute Gasteiger partial charge is 0.191 e. The standard InChI is InChI=1S/C30H20ClN3O/c1-18-13-23(15-28(31)32-18)24-16-25-27(35)17-26(22-12-11-19-7-5-6-10-21(19)14-22)33-30(25)34-29(24)20-8-3-2-4-9-20/h2-17H,1H3,(H,33,34,35). The van der Waals surface area contributed by atoms with Crippen molar-refractivity contribution in [3.8, 4) is 33.6 Å². The van der Waals surface area contributed by atoms with E-state index in [1.807, 2.05) is 73.7 Å². The highest BCUT2D eigenvalue weighted by atomic mass is 35.5. The van der Waals surface area contributed by atoms with Crippen LogP contribution in [0.3, 0.4) is 0 Å². The van der Waals surface area contributed by atoms with Gasteiger partial charge >= 0.3 is 0 Å². The molecular formula is C30H20ClN3O. The first-order valence-electron chi connectivity index (χ1n) is 11.3. The van der Waals surface area contributed by atoms with Crippen molar-refractivity contribution in [1.82, 2.24) is 15.0 Å². The van der Waals surface area contributed by atoms with Gasteiger partial charge in [0.05, 0.1) is 16.8 Å². The molecule has 5 heteroatoms. The molecule has 0 aliphatic carbocycles. The number of aromatic amines is 1. The maximum atomic E-state index is 13.3. The second-order valence-corrected chi connectivity index (χ2v) is 8.96. The minimum absolute atomic E-state index is 0.0906. The van der Waals surface area contributed by atoms with Crippen LogP contribution in [0.2, 0.25) is 5.15 Å². The Labute approximate surface area is 206 Å². The van der Waals surface area contributed by atoms with E-state index in [9.17, 15) is 4.79 Å². The molecule has 0 fully saturated rings. The second-order valence-electron chi connectivity index (χ2n) is 8.58. The van der Waals surface area contributed by atoms with E-state index >= 15 is 0 Å². The zero-order valence-electron chi connectivity index (χ0n) is 18.9. The molecule has 0 aliphatic rings. The molecule has 0 atom stereocenters. The number of hydrogen-bond donors (Lipinski definition) is 1. The summed E-state index contributed by atoms with van der Waals surface area (Å²) in [7, 11) is 0. The fourth-order valence-corrected chi connectivity index (χ4v) is 4.75. The lowest BCUT2D eigenvalue weighted by Crippen LogP contribution is -2.06. The van der Waals surface area contributed by atoms with E-state index in [2.05, 4.69) is 34.2 Å². The lowest BCUT2D eigenvalue weighted by Gasteiger charge is -2.13. The topological polar surface area (TPSA) is 58.6 Å². The molecule has 3 aromatic heterocycles. The highest BCUT2D eigenvalue weighted by Gasteiger charge is 2.15. The molecule has 0 radical (unpaired) electrons. The summed E-state index contributed by atoms with van der Waals surface area (Å²) in [6, 6.07) is 31.6. The summed E-state index contributed by atoms with van der Waals surface area (Å²) in [6.07, 6.45) is 0. The first kappa shape index (κ1) is 21.3. The van der Waals surface area contributed by atoms with Crippen LogP contribution in [-0.2, 0) is 0 Å².